The number of rotatable bonds is 6. The molecule has 0 saturated carbocycles. The van der Waals surface area contributed by atoms with Gasteiger partial charge < -0.3 is 20.9 Å². The van der Waals surface area contributed by atoms with E-state index in [1.165, 1.54) is 16.8 Å². The first-order chi connectivity index (χ1) is 13.6. The quantitative estimate of drug-likeness (QED) is 0.319. The third kappa shape index (κ3) is 6.35. The Balaban J connectivity index is 0.00000300. The fourth-order valence-electron chi connectivity index (χ4n) is 3.41. The minimum atomic E-state index is 0. The van der Waals surface area contributed by atoms with Crippen molar-refractivity contribution in [1.82, 2.24) is 10.6 Å². The average Bonchev–Trinajstić information content (AvgIpc) is 2.70. The van der Waals surface area contributed by atoms with Gasteiger partial charge in [0.1, 0.15) is 0 Å². The molecule has 156 valence electrons. The lowest BCUT2D eigenvalue weighted by atomic mass is 9.90. The SMILES string of the molecule is CN=C(NCCc1ccc(N(C)C)cc1)NCC1CC(=O)Nc2ccccc21.I. The number of nitrogens with zero attached hydrogens (tertiary/aromatic N) is 2. The number of para-hydroxylation sites is 1. The Hall–Kier alpha value is -2.29. The molecule has 0 radical (unpaired) electrons. The molecule has 2 aromatic rings. The van der Waals surface area contributed by atoms with E-state index in [1.54, 1.807) is 7.05 Å². The zero-order chi connectivity index (χ0) is 19.9. The number of carbonyl (C=O) groups is 1. The van der Waals surface area contributed by atoms with E-state index in [-0.39, 0.29) is 35.8 Å². The van der Waals surface area contributed by atoms with E-state index in [0.29, 0.717) is 13.0 Å². The number of hydrogen-bond donors (Lipinski definition) is 3. The van der Waals surface area contributed by atoms with E-state index in [4.69, 9.17) is 0 Å². The van der Waals surface area contributed by atoms with Crippen molar-refractivity contribution in [1.29, 1.82) is 0 Å². The van der Waals surface area contributed by atoms with E-state index in [2.05, 4.69) is 56.2 Å². The van der Waals surface area contributed by atoms with Gasteiger partial charge in [-0.15, -0.1) is 24.0 Å². The maximum absolute atomic E-state index is 12.0. The molecular formula is C22H30IN5O. The van der Waals surface area contributed by atoms with Crippen molar-refractivity contribution in [2.24, 2.45) is 4.99 Å². The van der Waals surface area contributed by atoms with Crippen LogP contribution >= 0.6 is 24.0 Å². The predicted octanol–water partition coefficient (Wildman–Crippen LogP) is 3.20. The molecule has 0 saturated heterocycles. The largest absolute Gasteiger partial charge is 0.378 e. The highest BCUT2D eigenvalue weighted by Crippen LogP contribution is 2.31. The van der Waals surface area contributed by atoms with Gasteiger partial charge in [0, 0.05) is 57.9 Å². The van der Waals surface area contributed by atoms with E-state index >= 15 is 0 Å². The van der Waals surface area contributed by atoms with Crippen molar-refractivity contribution in [3.63, 3.8) is 0 Å². The third-order valence-corrected chi connectivity index (χ3v) is 5.00. The first kappa shape index (κ1) is 23.0. The molecule has 1 aliphatic heterocycles. The molecule has 1 heterocycles. The predicted molar refractivity (Wildman–Crippen MR) is 132 cm³/mol. The van der Waals surface area contributed by atoms with Gasteiger partial charge >= 0.3 is 0 Å². The number of aliphatic imine (C=N–C) groups is 1. The molecule has 0 spiro atoms. The van der Waals surface area contributed by atoms with Crippen molar-refractivity contribution in [2.75, 3.05) is 44.4 Å². The van der Waals surface area contributed by atoms with Crippen molar-refractivity contribution >= 4 is 47.2 Å². The number of anilines is 2. The van der Waals surface area contributed by atoms with Gasteiger partial charge in [-0.25, -0.2) is 0 Å². The molecule has 1 aliphatic rings. The summed E-state index contributed by atoms with van der Waals surface area (Å²) in [6.07, 6.45) is 1.41. The van der Waals surface area contributed by atoms with Crippen molar-refractivity contribution < 1.29 is 4.79 Å². The van der Waals surface area contributed by atoms with Gasteiger partial charge in [-0.05, 0) is 35.7 Å². The molecule has 3 N–H and O–H groups in total. The van der Waals surface area contributed by atoms with E-state index in [9.17, 15) is 4.79 Å². The summed E-state index contributed by atoms with van der Waals surface area (Å²) in [7, 11) is 5.85. The van der Waals surface area contributed by atoms with Gasteiger partial charge in [0.2, 0.25) is 5.91 Å². The number of nitrogens with one attached hydrogen (secondary N) is 3. The van der Waals surface area contributed by atoms with Crippen LogP contribution < -0.4 is 20.9 Å². The van der Waals surface area contributed by atoms with Gasteiger partial charge in [0.15, 0.2) is 5.96 Å². The first-order valence-electron chi connectivity index (χ1n) is 9.66. The topological polar surface area (TPSA) is 68.8 Å². The molecule has 29 heavy (non-hydrogen) atoms. The lowest BCUT2D eigenvalue weighted by Gasteiger charge is -2.26. The Morgan fingerprint density at radius 3 is 2.55 bits per heavy atom. The summed E-state index contributed by atoms with van der Waals surface area (Å²) in [5.41, 5.74) is 4.57. The Labute approximate surface area is 190 Å². The van der Waals surface area contributed by atoms with Crippen LogP contribution in [0.1, 0.15) is 23.5 Å². The van der Waals surface area contributed by atoms with Gasteiger partial charge in [0.05, 0.1) is 0 Å². The number of benzene rings is 2. The molecule has 6 nitrogen and oxygen atoms in total. The number of guanidine groups is 1. The van der Waals surface area contributed by atoms with Crippen molar-refractivity contribution in [2.45, 2.75) is 18.8 Å². The van der Waals surface area contributed by atoms with Crippen LogP contribution in [-0.2, 0) is 11.2 Å². The molecule has 1 amide bonds. The lowest BCUT2D eigenvalue weighted by Crippen LogP contribution is -2.41. The third-order valence-electron chi connectivity index (χ3n) is 5.00. The highest BCUT2D eigenvalue weighted by atomic mass is 127. The molecule has 1 atom stereocenters. The van der Waals surface area contributed by atoms with E-state index in [1.807, 2.05) is 32.3 Å². The minimum Gasteiger partial charge on any atom is -0.378 e. The Morgan fingerprint density at radius 2 is 1.86 bits per heavy atom. The summed E-state index contributed by atoms with van der Waals surface area (Å²) in [5.74, 6) is 0.963. The maximum Gasteiger partial charge on any atom is 0.225 e. The molecule has 0 aliphatic carbocycles. The van der Waals surface area contributed by atoms with Crippen LogP contribution in [0.2, 0.25) is 0 Å². The number of carbonyl (C=O) groups excluding carboxylic acids is 1. The van der Waals surface area contributed by atoms with Crippen LogP contribution in [0.5, 0.6) is 0 Å². The second kappa shape index (κ2) is 11.0. The summed E-state index contributed by atoms with van der Waals surface area (Å²) in [5, 5.41) is 9.66. The van der Waals surface area contributed by atoms with Crippen LogP contribution in [0.3, 0.4) is 0 Å². The second-order valence-electron chi connectivity index (χ2n) is 7.23. The normalized spacial score (nSPS) is 15.6. The number of amides is 1. The van der Waals surface area contributed by atoms with Crippen LogP contribution in [0.15, 0.2) is 53.5 Å². The minimum absolute atomic E-state index is 0. The maximum atomic E-state index is 12.0. The molecular weight excluding hydrogens is 477 g/mol. The molecule has 1 unspecified atom stereocenters. The van der Waals surface area contributed by atoms with Crippen LogP contribution in [0.25, 0.3) is 0 Å². The van der Waals surface area contributed by atoms with Crippen molar-refractivity contribution in [3.05, 3.63) is 59.7 Å². The summed E-state index contributed by atoms with van der Waals surface area (Å²) in [6.45, 7) is 1.46. The molecule has 0 fully saturated rings. The molecule has 3 rings (SSSR count). The number of fused-ring (bicyclic) bond motifs is 1. The lowest BCUT2D eigenvalue weighted by molar-refractivity contribution is -0.116. The fourth-order valence-corrected chi connectivity index (χ4v) is 3.41. The molecule has 0 bridgehead atoms. The zero-order valence-corrected chi connectivity index (χ0v) is 19.6. The van der Waals surface area contributed by atoms with Gasteiger partial charge in [0.25, 0.3) is 0 Å². The van der Waals surface area contributed by atoms with Crippen molar-refractivity contribution in [3.8, 4) is 0 Å². The van der Waals surface area contributed by atoms with Crippen LogP contribution in [-0.4, -0.2) is 46.1 Å². The molecule has 2 aromatic carbocycles. The summed E-state index contributed by atoms with van der Waals surface area (Å²) < 4.78 is 0. The monoisotopic (exact) mass is 507 g/mol. The average molecular weight is 507 g/mol. The second-order valence-corrected chi connectivity index (χ2v) is 7.23. The first-order valence-corrected chi connectivity index (χ1v) is 9.66. The number of hydrogen-bond acceptors (Lipinski definition) is 3. The zero-order valence-electron chi connectivity index (χ0n) is 17.2. The van der Waals surface area contributed by atoms with Crippen LogP contribution in [0.4, 0.5) is 11.4 Å². The summed E-state index contributed by atoms with van der Waals surface area (Å²) >= 11 is 0. The fraction of sp³-hybridized carbons (Fsp3) is 0.364. The molecule has 0 aromatic heterocycles. The standard InChI is InChI=1S/C22H29N5O.HI/c1-23-22(24-13-12-16-8-10-18(11-9-16)27(2)3)25-15-17-14-21(28)26-20-7-5-4-6-19(17)20;/h4-11,17H,12-15H2,1-3H3,(H,26,28)(H2,23,24,25);1H. The molecule has 7 heteroatoms. The van der Waals surface area contributed by atoms with Crippen LogP contribution in [0, 0.1) is 0 Å². The van der Waals surface area contributed by atoms with Gasteiger partial charge in [-0.2, -0.15) is 0 Å². The Morgan fingerprint density at radius 1 is 1.14 bits per heavy atom. The Kier molecular flexibility index (Phi) is 8.75. The Bertz CT molecular complexity index is 835. The van der Waals surface area contributed by atoms with E-state index in [0.717, 1.165) is 24.6 Å². The number of halogens is 1. The summed E-state index contributed by atoms with van der Waals surface area (Å²) in [6, 6.07) is 16.6. The highest BCUT2D eigenvalue weighted by Gasteiger charge is 2.24. The van der Waals surface area contributed by atoms with E-state index < -0.39 is 0 Å². The van der Waals surface area contributed by atoms with Gasteiger partial charge in [-0.3, -0.25) is 9.79 Å². The highest BCUT2D eigenvalue weighted by molar-refractivity contribution is 14.0. The smallest absolute Gasteiger partial charge is 0.225 e. The summed E-state index contributed by atoms with van der Waals surface area (Å²) in [4.78, 5) is 18.4. The van der Waals surface area contributed by atoms with Gasteiger partial charge in [-0.1, -0.05) is 30.3 Å².